The van der Waals surface area contributed by atoms with E-state index in [2.05, 4.69) is 35.2 Å². The molecule has 0 aliphatic carbocycles. The van der Waals surface area contributed by atoms with Crippen LogP contribution in [0.25, 0.3) is 17.2 Å². The maximum atomic E-state index is 7.00. The number of piperidine rings is 1. The van der Waals surface area contributed by atoms with Gasteiger partial charge >= 0.3 is 0 Å². The van der Waals surface area contributed by atoms with E-state index in [0.29, 0.717) is 6.61 Å². The summed E-state index contributed by atoms with van der Waals surface area (Å²) in [6, 6.07) is 17.7. The molecule has 0 amide bonds. The Balaban J connectivity index is 0.00000167. The third-order valence-electron chi connectivity index (χ3n) is 6.05. The van der Waals surface area contributed by atoms with Crippen LogP contribution in [0.1, 0.15) is 36.6 Å². The highest BCUT2D eigenvalue weighted by Crippen LogP contribution is 2.23. The lowest BCUT2D eigenvalue weighted by Gasteiger charge is -2.30. The van der Waals surface area contributed by atoms with Gasteiger partial charge in [0.1, 0.15) is 18.1 Å². The Bertz CT molecular complexity index is 1140. The number of hydrogen-bond acceptors (Lipinski definition) is 4. The predicted octanol–water partition coefficient (Wildman–Crippen LogP) is 6.16. The molecular weight excluding hydrogens is 456 g/mol. The number of nitrogens with zero attached hydrogens (tertiary/aromatic N) is 2. The maximum absolute atomic E-state index is 7.00. The van der Waals surface area contributed by atoms with Crippen LogP contribution in [0.3, 0.4) is 0 Å². The predicted molar refractivity (Wildman–Crippen MR) is 146 cm³/mol. The first-order valence-corrected chi connectivity index (χ1v) is 12.3. The Kier molecular flexibility index (Phi) is 10.4. The molecule has 5 heteroatoms. The highest BCUT2D eigenvalue weighted by atomic mass is 35.5. The zero-order chi connectivity index (χ0) is 25.0. The quantitative estimate of drug-likeness (QED) is 0.422. The Morgan fingerprint density at radius 3 is 2.43 bits per heavy atom. The van der Waals surface area contributed by atoms with E-state index in [9.17, 15) is 0 Å². The standard InChI is InChI=1S/C29H29ClN2O.CH4O/c1-3-24-20-23(5-13-29(24)33-19-18-32-16-14-22(2)15-17-32)4-11-28-12-8-26(21-31-28)25-6-9-27(30)10-7-25;1-2/h3,5-10,12-13,20-22H,1,14-19H2,2H3;2H,1H3. The first-order valence-electron chi connectivity index (χ1n) is 11.9. The minimum Gasteiger partial charge on any atom is -0.492 e. The molecule has 1 aliphatic rings. The van der Waals surface area contributed by atoms with Gasteiger partial charge in [-0.1, -0.05) is 55.3 Å². The van der Waals surface area contributed by atoms with E-state index >= 15 is 0 Å². The summed E-state index contributed by atoms with van der Waals surface area (Å²) in [5.74, 6) is 8.05. The van der Waals surface area contributed by atoms with Crippen LogP contribution in [0.2, 0.25) is 5.02 Å². The molecule has 1 fully saturated rings. The number of likely N-dealkylation sites (tertiary alicyclic amines) is 1. The smallest absolute Gasteiger partial charge is 0.126 e. The van der Waals surface area contributed by atoms with E-state index in [1.807, 2.05) is 66.9 Å². The van der Waals surface area contributed by atoms with Crippen LogP contribution in [0.4, 0.5) is 0 Å². The molecule has 0 atom stereocenters. The number of benzene rings is 2. The van der Waals surface area contributed by atoms with Gasteiger partial charge in [-0.25, -0.2) is 4.98 Å². The van der Waals surface area contributed by atoms with Gasteiger partial charge in [-0.3, -0.25) is 4.90 Å². The zero-order valence-corrected chi connectivity index (χ0v) is 21.3. The average Bonchev–Trinajstić information content (AvgIpc) is 2.91. The molecule has 4 rings (SSSR count). The fourth-order valence-electron chi connectivity index (χ4n) is 3.90. The third kappa shape index (κ3) is 7.97. The van der Waals surface area contributed by atoms with E-state index in [0.717, 1.165) is 58.3 Å². The van der Waals surface area contributed by atoms with Gasteiger partial charge in [0.2, 0.25) is 0 Å². The summed E-state index contributed by atoms with van der Waals surface area (Å²) in [5.41, 5.74) is 4.70. The van der Waals surface area contributed by atoms with Crippen molar-refractivity contribution in [3.05, 3.63) is 89.2 Å². The molecule has 1 aromatic heterocycles. The second-order valence-corrected chi connectivity index (χ2v) is 8.95. The number of aromatic nitrogens is 1. The Labute approximate surface area is 214 Å². The SMILES string of the molecule is C=Cc1cc(C#Cc2ccc(-c3ccc(Cl)cc3)cn2)ccc1OCCN1CCC(C)CC1.CO. The number of aliphatic hydroxyl groups excluding tert-OH is 1. The van der Waals surface area contributed by atoms with Crippen molar-refractivity contribution in [2.24, 2.45) is 5.92 Å². The monoisotopic (exact) mass is 488 g/mol. The van der Waals surface area contributed by atoms with Crippen molar-refractivity contribution in [3.8, 4) is 28.7 Å². The second kappa shape index (κ2) is 13.7. The van der Waals surface area contributed by atoms with Gasteiger partial charge in [-0.2, -0.15) is 0 Å². The van der Waals surface area contributed by atoms with Gasteiger partial charge < -0.3 is 9.84 Å². The van der Waals surface area contributed by atoms with E-state index in [1.54, 1.807) is 0 Å². The second-order valence-electron chi connectivity index (χ2n) is 8.52. The Morgan fingerprint density at radius 1 is 1.06 bits per heavy atom. The molecular formula is C30H33ClN2O2. The van der Waals surface area contributed by atoms with Crippen LogP contribution < -0.4 is 4.74 Å². The van der Waals surface area contributed by atoms with E-state index in [1.165, 1.54) is 25.9 Å². The highest BCUT2D eigenvalue weighted by molar-refractivity contribution is 6.30. The topological polar surface area (TPSA) is 45.6 Å². The van der Waals surface area contributed by atoms with Crippen LogP contribution in [0, 0.1) is 17.8 Å². The number of rotatable bonds is 6. The van der Waals surface area contributed by atoms with Crippen molar-refractivity contribution in [3.63, 3.8) is 0 Å². The van der Waals surface area contributed by atoms with Gasteiger partial charge in [0.05, 0.1) is 0 Å². The van der Waals surface area contributed by atoms with Crippen LogP contribution in [-0.4, -0.2) is 48.3 Å². The van der Waals surface area contributed by atoms with Gasteiger partial charge in [0.15, 0.2) is 0 Å². The van der Waals surface area contributed by atoms with Crippen molar-refractivity contribution >= 4 is 17.7 Å². The van der Waals surface area contributed by atoms with Crippen molar-refractivity contribution in [2.45, 2.75) is 19.8 Å². The van der Waals surface area contributed by atoms with Crippen molar-refractivity contribution < 1.29 is 9.84 Å². The van der Waals surface area contributed by atoms with Crippen LogP contribution in [0.5, 0.6) is 5.75 Å². The number of halogens is 1. The molecule has 0 bridgehead atoms. The van der Waals surface area contributed by atoms with Crippen LogP contribution in [-0.2, 0) is 0 Å². The molecule has 2 aromatic carbocycles. The normalized spacial score (nSPS) is 13.7. The number of hydrogen-bond donors (Lipinski definition) is 1. The largest absolute Gasteiger partial charge is 0.492 e. The van der Waals surface area contributed by atoms with Crippen LogP contribution in [0.15, 0.2) is 67.4 Å². The summed E-state index contributed by atoms with van der Waals surface area (Å²) < 4.78 is 6.06. The summed E-state index contributed by atoms with van der Waals surface area (Å²) >= 11 is 5.97. The van der Waals surface area contributed by atoms with Gasteiger partial charge in [0.25, 0.3) is 0 Å². The molecule has 0 saturated carbocycles. The summed E-state index contributed by atoms with van der Waals surface area (Å²) in [5, 5.41) is 7.72. The minimum atomic E-state index is 0.685. The van der Waals surface area contributed by atoms with E-state index in [4.69, 9.17) is 21.4 Å². The molecule has 182 valence electrons. The van der Waals surface area contributed by atoms with Gasteiger partial charge in [0, 0.05) is 41.6 Å². The van der Waals surface area contributed by atoms with Crippen molar-refractivity contribution in [2.75, 3.05) is 33.4 Å². The molecule has 35 heavy (non-hydrogen) atoms. The summed E-state index contributed by atoms with van der Waals surface area (Å²) in [6.45, 7) is 10.3. The van der Waals surface area contributed by atoms with Crippen molar-refractivity contribution in [1.82, 2.24) is 9.88 Å². The molecule has 0 spiro atoms. The molecule has 0 unspecified atom stereocenters. The third-order valence-corrected chi connectivity index (χ3v) is 6.30. The first-order chi connectivity index (χ1) is 17.1. The first kappa shape index (κ1) is 26.5. The fraction of sp³-hybridized carbons (Fsp3) is 0.300. The number of aliphatic hydroxyl groups is 1. The summed E-state index contributed by atoms with van der Waals surface area (Å²) in [6.07, 6.45) is 6.22. The lowest BCUT2D eigenvalue weighted by molar-refractivity contribution is 0.160. The molecule has 3 aromatic rings. The molecule has 1 saturated heterocycles. The molecule has 0 radical (unpaired) electrons. The Morgan fingerprint density at radius 2 is 1.77 bits per heavy atom. The van der Waals surface area contributed by atoms with E-state index < -0.39 is 0 Å². The highest BCUT2D eigenvalue weighted by Gasteiger charge is 2.15. The maximum Gasteiger partial charge on any atom is 0.126 e. The van der Waals surface area contributed by atoms with Crippen molar-refractivity contribution in [1.29, 1.82) is 0 Å². The fourth-order valence-corrected chi connectivity index (χ4v) is 4.03. The summed E-state index contributed by atoms with van der Waals surface area (Å²) in [7, 11) is 1.00. The molecule has 1 N–H and O–H groups in total. The minimum absolute atomic E-state index is 0.685. The number of pyridine rings is 1. The molecule has 1 aliphatic heterocycles. The lowest BCUT2D eigenvalue weighted by atomic mass is 9.99. The summed E-state index contributed by atoms with van der Waals surface area (Å²) in [4.78, 5) is 6.97. The average molecular weight is 489 g/mol. The van der Waals surface area contributed by atoms with E-state index in [-0.39, 0.29) is 0 Å². The zero-order valence-electron chi connectivity index (χ0n) is 20.5. The molecule has 4 nitrogen and oxygen atoms in total. The van der Waals surface area contributed by atoms with Crippen LogP contribution >= 0.6 is 11.6 Å². The van der Waals surface area contributed by atoms with Gasteiger partial charge in [-0.05, 0) is 79.7 Å². The Hall–Kier alpha value is -3.10. The lowest BCUT2D eigenvalue weighted by Crippen LogP contribution is -2.35. The molecule has 2 heterocycles. The van der Waals surface area contributed by atoms with Gasteiger partial charge in [-0.15, -0.1) is 0 Å². The number of ether oxygens (including phenoxy) is 1.